The summed E-state index contributed by atoms with van der Waals surface area (Å²) in [4.78, 5) is 4.09. The average molecular weight is 467 g/mol. The fourth-order valence-corrected chi connectivity index (χ4v) is 4.13. The first-order chi connectivity index (χ1) is 11.0. The van der Waals surface area contributed by atoms with Crippen LogP contribution in [0.2, 0.25) is 10.0 Å². The smallest absolute Gasteiger partial charge is 0.121 e. The highest BCUT2D eigenvalue weighted by Gasteiger charge is 2.39. The fraction of sp³-hybridized carbons (Fsp3) is 0.471. The molecule has 1 aromatic carbocycles. The zero-order valence-corrected chi connectivity index (χ0v) is 16.7. The third kappa shape index (κ3) is 4.41. The maximum Gasteiger partial charge on any atom is 0.121 e. The molecule has 0 bridgehead atoms. The molecule has 2 unspecified atom stereocenters. The van der Waals surface area contributed by atoms with Gasteiger partial charge in [0.1, 0.15) is 9.65 Å². The van der Waals surface area contributed by atoms with Crippen molar-refractivity contribution in [1.82, 2.24) is 9.55 Å². The van der Waals surface area contributed by atoms with E-state index in [0.29, 0.717) is 22.0 Å². The summed E-state index contributed by atoms with van der Waals surface area (Å²) in [6, 6.07) is 5.43. The molecular formula is C17H21Cl2IN2O. The molecule has 0 saturated carbocycles. The number of benzene rings is 1. The van der Waals surface area contributed by atoms with E-state index in [2.05, 4.69) is 34.5 Å². The standard InChI is InChI=1S/C17H21Cl2IN2O/c1-2-3-4-5-9-17(23,16(20)22-11-10-21-12-22)13-7-6-8-14(18)15(13)19/h6-8,10-12,16,23H,2-5,9H2,1H3. The number of imidazole rings is 1. The van der Waals surface area contributed by atoms with Crippen molar-refractivity contribution in [3.05, 3.63) is 52.5 Å². The summed E-state index contributed by atoms with van der Waals surface area (Å²) in [5.74, 6) is 0. The lowest BCUT2D eigenvalue weighted by molar-refractivity contribution is 0.00899. The van der Waals surface area contributed by atoms with E-state index in [-0.39, 0.29) is 4.05 Å². The van der Waals surface area contributed by atoms with Gasteiger partial charge < -0.3 is 9.67 Å². The summed E-state index contributed by atoms with van der Waals surface area (Å²) in [6.07, 6.45) is 10.2. The largest absolute Gasteiger partial charge is 0.382 e. The number of unbranched alkanes of at least 4 members (excludes halogenated alkanes) is 3. The molecule has 3 nitrogen and oxygen atoms in total. The predicted molar refractivity (Wildman–Crippen MR) is 104 cm³/mol. The van der Waals surface area contributed by atoms with Crippen molar-refractivity contribution in [1.29, 1.82) is 0 Å². The lowest BCUT2D eigenvalue weighted by Gasteiger charge is -2.35. The van der Waals surface area contributed by atoms with E-state index in [0.717, 1.165) is 25.7 Å². The monoisotopic (exact) mass is 466 g/mol. The molecule has 0 amide bonds. The van der Waals surface area contributed by atoms with E-state index in [1.165, 1.54) is 0 Å². The predicted octanol–water partition coefficient (Wildman–Crippen LogP) is 5.98. The van der Waals surface area contributed by atoms with Crippen molar-refractivity contribution in [2.45, 2.75) is 48.7 Å². The van der Waals surface area contributed by atoms with Gasteiger partial charge in [0, 0.05) is 18.0 Å². The number of alkyl halides is 1. The average Bonchev–Trinajstić information content (AvgIpc) is 3.07. The summed E-state index contributed by atoms with van der Waals surface area (Å²) in [7, 11) is 0. The Kier molecular flexibility index (Phi) is 7.19. The van der Waals surface area contributed by atoms with Crippen molar-refractivity contribution in [2.24, 2.45) is 0 Å². The van der Waals surface area contributed by atoms with Gasteiger partial charge >= 0.3 is 0 Å². The molecule has 1 N–H and O–H groups in total. The zero-order chi connectivity index (χ0) is 16.9. The second-order valence-corrected chi connectivity index (χ2v) is 7.65. The molecule has 0 radical (unpaired) electrons. The molecule has 0 fully saturated rings. The highest BCUT2D eigenvalue weighted by Crippen LogP contribution is 2.46. The summed E-state index contributed by atoms with van der Waals surface area (Å²) >= 11 is 14.8. The van der Waals surface area contributed by atoms with Crippen molar-refractivity contribution in [2.75, 3.05) is 0 Å². The van der Waals surface area contributed by atoms with Crippen LogP contribution in [0.25, 0.3) is 0 Å². The molecule has 0 spiro atoms. The molecule has 0 aliphatic heterocycles. The Balaban J connectivity index is 2.36. The first-order valence-corrected chi connectivity index (χ1v) is 9.79. The number of rotatable bonds is 8. The molecule has 0 aliphatic carbocycles. The van der Waals surface area contributed by atoms with Crippen molar-refractivity contribution < 1.29 is 5.11 Å². The first kappa shape index (κ1) is 19.0. The minimum Gasteiger partial charge on any atom is -0.382 e. The van der Waals surface area contributed by atoms with E-state index in [4.69, 9.17) is 23.2 Å². The number of nitrogens with zero attached hydrogens (tertiary/aromatic N) is 2. The van der Waals surface area contributed by atoms with E-state index in [1.807, 2.05) is 22.9 Å². The Labute approximate surface area is 161 Å². The van der Waals surface area contributed by atoms with Crippen LogP contribution in [-0.2, 0) is 5.60 Å². The topological polar surface area (TPSA) is 38.0 Å². The van der Waals surface area contributed by atoms with Crippen LogP contribution in [0.15, 0.2) is 36.9 Å². The Hall–Kier alpha value is -0.300. The van der Waals surface area contributed by atoms with Gasteiger partial charge in [-0.1, -0.05) is 90.5 Å². The number of hydrogen-bond donors (Lipinski definition) is 1. The lowest BCUT2D eigenvalue weighted by atomic mass is 9.87. The number of hydrogen-bond acceptors (Lipinski definition) is 2. The Bertz CT molecular complexity index is 621. The van der Waals surface area contributed by atoms with Gasteiger partial charge in [0.2, 0.25) is 0 Å². The molecule has 0 aliphatic rings. The van der Waals surface area contributed by atoms with Crippen LogP contribution in [0.5, 0.6) is 0 Å². The van der Waals surface area contributed by atoms with Gasteiger partial charge in [-0.15, -0.1) is 0 Å². The Morgan fingerprint density at radius 1 is 1.30 bits per heavy atom. The lowest BCUT2D eigenvalue weighted by Crippen LogP contribution is -2.34. The van der Waals surface area contributed by atoms with Crippen LogP contribution >= 0.6 is 45.8 Å². The summed E-state index contributed by atoms with van der Waals surface area (Å²) in [6.45, 7) is 2.17. The van der Waals surface area contributed by atoms with E-state index in [9.17, 15) is 5.11 Å². The van der Waals surface area contributed by atoms with Crippen molar-refractivity contribution in [3.63, 3.8) is 0 Å². The highest BCUT2D eigenvalue weighted by molar-refractivity contribution is 14.1. The van der Waals surface area contributed by atoms with Crippen LogP contribution in [0.4, 0.5) is 0 Å². The third-order valence-corrected chi connectivity index (χ3v) is 6.50. The summed E-state index contributed by atoms with van der Waals surface area (Å²) in [5.41, 5.74) is -0.423. The van der Waals surface area contributed by atoms with Gasteiger partial charge in [0.05, 0.1) is 16.4 Å². The molecule has 1 aromatic heterocycles. The van der Waals surface area contributed by atoms with Crippen LogP contribution in [0.3, 0.4) is 0 Å². The second-order valence-electron chi connectivity index (χ2n) is 5.68. The van der Waals surface area contributed by atoms with Crippen LogP contribution in [-0.4, -0.2) is 14.7 Å². The minimum absolute atomic E-state index is 0.222. The maximum atomic E-state index is 11.5. The van der Waals surface area contributed by atoms with Crippen LogP contribution in [0.1, 0.15) is 48.6 Å². The van der Waals surface area contributed by atoms with Gasteiger partial charge in [-0.3, -0.25) is 0 Å². The Morgan fingerprint density at radius 3 is 2.74 bits per heavy atom. The molecule has 1 heterocycles. The molecule has 2 aromatic rings. The molecule has 2 rings (SSSR count). The summed E-state index contributed by atoms with van der Waals surface area (Å²) in [5, 5.41) is 12.4. The van der Waals surface area contributed by atoms with E-state index >= 15 is 0 Å². The molecule has 2 atom stereocenters. The van der Waals surface area contributed by atoms with E-state index in [1.54, 1.807) is 18.6 Å². The first-order valence-electron chi connectivity index (χ1n) is 7.79. The zero-order valence-electron chi connectivity index (χ0n) is 13.1. The maximum absolute atomic E-state index is 11.5. The third-order valence-electron chi connectivity index (χ3n) is 4.01. The number of aliphatic hydroxyl groups is 1. The molecule has 23 heavy (non-hydrogen) atoms. The van der Waals surface area contributed by atoms with Gasteiger partial charge in [0.15, 0.2) is 0 Å². The van der Waals surface area contributed by atoms with Crippen molar-refractivity contribution in [3.8, 4) is 0 Å². The summed E-state index contributed by atoms with van der Waals surface area (Å²) < 4.78 is 1.68. The Morgan fingerprint density at radius 2 is 2.09 bits per heavy atom. The van der Waals surface area contributed by atoms with Gasteiger partial charge in [-0.25, -0.2) is 4.98 Å². The fourth-order valence-electron chi connectivity index (χ4n) is 2.69. The van der Waals surface area contributed by atoms with Gasteiger partial charge in [-0.05, 0) is 12.5 Å². The molecule has 0 saturated heterocycles. The second kappa shape index (κ2) is 8.70. The molecule has 6 heteroatoms. The van der Waals surface area contributed by atoms with E-state index < -0.39 is 5.60 Å². The number of halogens is 3. The van der Waals surface area contributed by atoms with Gasteiger partial charge in [0.25, 0.3) is 0 Å². The highest BCUT2D eigenvalue weighted by atomic mass is 127. The SMILES string of the molecule is CCCCCCC(O)(c1cccc(Cl)c1Cl)C(I)n1ccnc1. The molecular weight excluding hydrogens is 446 g/mol. The quantitative estimate of drug-likeness (QED) is 0.295. The number of aromatic nitrogens is 2. The normalized spacial score (nSPS) is 15.3. The van der Waals surface area contributed by atoms with Gasteiger partial charge in [-0.2, -0.15) is 0 Å². The van der Waals surface area contributed by atoms with Crippen LogP contribution < -0.4 is 0 Å². The molecule has 126 valence electrons. The van der Waals surface area contributed by atoms with Crippen molar-refractivity contribution >= 4 is 45.8 Å². The van der Waals surface area contributed by atoms with Crippen LogP contribution in [0, 0.1) is 0 Å². The minimum atomic E-state index is -1.10.